The smallest absolute Gasteiger partial charge is 0.292 e. The summed E-state index contributed by atoms with van der Waals surface area (Å²) in [6.45, 7) is 3.80. The molecular weight excluding hydrogens is 308 g/mol. The molecule has 0 saturated heterocycles. The Labute approximate surface area is 122 Å². The zero-order valence-electron chi connectivity index (χ0n) is 11.1. The van der Waals surface area contributed by atoms with Crippen molar-refractivity contribution >= 4 is 27.3 Å². The fourth-order valence-corrected chi connectivity index (χ4v) is 2.80. The summed E-state index contributed by atoms with van der Waals surface area (Å²) < 4.78 is 0. The number of nitro benzene ring substituents is 1. The summed E-state index contributed by atoms with van der Waals surface area (Å²) in [4.78, 5) is 13.1. The van der Waals surface area contributed by atoms with E-state index in [1.54, 1.807) is 6.07 Å². The van der Waals surface area contributed by atoms with Gasteiger partial charge in [0, 0.05) is 24.5 Å². The van der Waals surface area contributed by atoms with Crippen LogP contribution in [0.3, 0.4) is 0 Å². The van der Waals surface area contributed by atoms with Crippen molar-refractivity contribution in [3.63, 3.8) is 0 Å². The number of hydrogen-bond donors (Lipinski definition) is 0. The lowest BCUT2D eigenvalue weighted by Crippen LogP contribution is -2.32. The van der Waals surface area contributed by atoms with E-state index in [9.17, 15) is 10.1 Å². The van der Waals surface area contributed by atoms with Crippen LogP contribution in [-0.4, -0.2) is 18.0 Å². The van der Waals surface area contributed by atoms with E-state index in [0.29, 0.717) is 11.2 Å². The maximum absolute atomic E-state index is 11.2. The Kier molecular flexibility index (Phi) is 4.80. The lowest BCUT2D eigenvalue weighted by Gasteiger charge is -2.32. The van der Waals surface area contributed by atoms with Gasteiger partial charge >= 0.3 is 0 Å². The second kappa shape index (κ2) is 6.37. The molecule has 0 N–H and O–H groups in total. The van der Waals surface area contributed by atoms with Gasteiger partial charge in [0.15, 0.2) is 0 Å². The molecule has 1 fully saturated rings. The van der Waals surface area contributed by atoms with Crippen molar-refractivity contribution in [2.45, 2.75) is 31.5 Å². The Morgan fingerprint density at radius 3 is 2.68 bits per heavy atom. The third-order valence-electron chi connectivity index (χ3n) is 3.82. The number of hydrogen-bond acceptors (Lipinski definition) is 3. The average molecular weight is 327 g/mol. The van der Waals surface area contributed by atoms with Crippen LogP contribution in [0.15, 0.2) is 18.2 Å². The van der Waals surface area contributed by atoms with E-state index in [0.717, 1.165) is 24.3 Å². The van der Waals surface area contributed by atoms with Crippen LogP contribution in [0.5, 0.6) is 0 Å². The van der Waals surface area contributed by atoms with Crippen LogP contribution in [0.25, 0.3) is 0 Å². The Morgan fingerprint density at radius 2 is 2.21 bits per heavy atom. The normalized spacial score (nSPS) is 15.1. The number of benzene rings is 1. The summed E-state index contributed by atoms with van der Waals surface area (Å²) >= 11 is 3.34. The fraction of sp³-hybridized carbons (Fsp3) is 0.571. The van der Waals surface area contributed by atoms with E-state index in [1.807, 2.05) is 12.1 Å². The average Bonchev–Trinajstić information content (AvgIpc) is 2.37. The van der Waals surface area contributed by atoms with Crippen molar-refractivity contribution in [1.29, 1.82) is 0 Å². The molecule has 1 aromatic rings. The molecule has 0 heterocycles. The van der Waals surface area contributed by atoms with Gasteiger partial charge in [-0.3, -0.25) is 10.1 Å². The number of nitro groups is 1. The van der Waals surface area contributed by atoms with Gasteiger partial charge in [-0.2, -0.15) is 0 Å². The summed E-state index contributed by atoms with van der Waals surface area (Å²) in [6, 6.07) is 5.52. The highest BCUT2D eigenvalue weighted by atomic mass is 79.9. The van der Waals surface area contributed by atoms with Crippen LogP contribution in [0, 0.1) is 16.0 Å². The molecule has 0 radical (unpaired) electrons. The molecule has 0 unspecified atom stereocenters. The molecule has 0 amide bonds. The molecule has 4 nitrogen and oxygen atoms in total. The van der Waals surface area contributed by atoms with Gasteiger partial charge in [-0.15, -0.1) is 0 Å². The molecule has 1 aromatic carbocycles. The Balaban J connectivity index is 2.26. The summed E-state index contributed by atoms with van der Waals surface area (Å²) in [5.74, 6) is 0.704. The van der Waals surface area contributed by atoms with Crippen molar-refractivity contribution in [2.24, 2.45) is 5.92 Å². The summed E-state index contributed by atoms with van der Waals surface area (Å²) in [7, 11) is 0. The second-order valence-electron chi connectivity index (χ2n) is 5.05. The van der Waals surface area contributed by atoms with Gasteiger partial charge < -0.3 is 4.90 Å². The third-order valence-corrected chi connectivity index (χ3v) is 4.46. The Hall–Kier alpha value is -1.10. The molecule has 2 rings (SSSR count). The number of rotatable bonds is 6. The van der Waals surface area contributed by atoms with E-state index in [4.69, 9.17) is 0 Å². The number of alkyl halides is 1. The first-order chi connectivity index (χ1) is 9.15. The van der Waals surface area contributed by atoms with Crippen LogP contribution in [0.2, 0.25) is 0 Å². The molecule has 104 valence electrons. The molecule has 0 atom stereocenters. The quantitative estimate of drug-likeness (QED) is 0.449. The molecule has 0 bridgehead atoms. The van der Waals surface area contributed by atoms with Crippen LogP contribution in [0.1, 0.15) is 31.7 Å². The zero-order valence-corrected chi connectivity index (χ0v) is 12.7. The summed E-state index contributed by atoms with van der Waals surface area (Å²) in [6.07, 6.45) is 3.81. The number of halogens is 1. The highest BCUT2D eigenvalue weighted by Crippen LogP contribution is 2.33. The molecule has 0 aromatic heterocycles. The minimum absolute atomic E-state index is 0.220. The first kappa shape index (κ1) is 14.3. The van der Waals surface area contributed by atoms with Crippen molar-refractivity contribution in [3.05, 3.63) is 33.9 Å². The van der Waals surface area contributed by atoms with E-state index in [2.05, 4.69) is 27.8 Å². The van der Waals surface area contributed by atoms with E-state index >= 15 is 0 Å². The van der Waals surface area contributed by atoms with Crippen molar-refractivity contribution in [2.75, 3.05) is 18.0 Å². The number of anilines is 1. The van der Waals surface area contributed by atoms with Crippen molar-refractivity contribution in [1.82, 2.24) is 0 Å². The molecule has 0 aliphatic heterocycles. The van der Waals surface area contributed by atoms with Gasteiger partial charge in [0.25, 0.3) is 5.69 Å². The predicted molar refractivity (Wildman–Crippen MR) is 81.0 cm³/mol. The maximum Gasteiger partial charge on any atom is 0.292 e. The predicted octanol–water partition coefficient (Wildman–Crippen LogP) is 4.12. The Bertz CT molecular complexity index is 461. The van der Waals surface area contributed by atoms with Gasteiger partial charge in [0.2, 0.25) is 0 Å². The van der Waals surface area contributed by atoms with Crippen LogP contribution in [0.4, 0.5) is 11.4 Å². The zero-order chi connectivity index (χ0) is 13.8. The van der Waals surface area contributed by atoms with E-state index < -0.39 is 0 Å². The highest BCUT2D eigenvalue weighted by Gasteiger charge is 2.24. The standard InChI is InChI=1S/C14H19BrN2O2/c1-2-16(10-11-4-3-5-11)13-7-6-12(9-15)8-14(13)17(18)19/h6-8,11H,2-5,9-10H2,1H3. The van der Waals surface area contributed by atoms with Crippen molar-refractivity contribution < 1.29 is 4.92 Å². The largest absolute Gasteiger partial charge is 0.366 e. The van der Waals surface area contributed by atoms with Crippen LogP contribution in [-0.2, 0) is 5.33 Å². The van der Waals surface area contributed by atoms with E-state index in [-0.39, 0.29) is 10.6 Å². The minimum atomic E-state index is -0.273. The molecule has 1 saturated carbocycles. The molecule has 1 aliphatic rings. The first-order valence-corrected chi connectivity index (χ1v) is 7.86. The number of nitrogens with zero attached hydrogens (tertiary/aromatic N) is 2. The lowest BCUT2D eigenvalue weighted by atomic mass is 9.85. The maximum atomic E-state index is 11.2. The topological polar surface area (TPSA) is 46.4 Å². The second-order valence-corrected chi connectivity index (χ2v) is 5.61. The monoisotopic (exact) mass is 326 g/mol. The summed E-state index contributed by atoms with van der Waals surface area (Å²) in [5.41, 5.74) is 1.91. The molecular formula is C14H19BrN2O2. The van der Waals surface area contributed by atoms with Crippen LogP contribution < -0.4 is 4.90 Å². The van der Waals surface area contributed by atoms with Gasteiger partial charge in [-0.25, -0.2) is 0 Å². The van der Waals surface area contributed by atoms with Gasteiger partial charge in [0.1, 0.15) is 5.69 Å². The molecule has 1 aliphatic carbocycles. The fourth-order valence-electron chi connectivity index (χ4n) is 2.45. The van der Waals surface area contributed by atoms with Crippen molar-refractivity contribution in [3.8, 4) is 0 Å². The minimum Gasteiger partial charge on any atom is -0.366 e. The SMILES string of the molecule is CCN(CC1CCC1)c1ccc(CBr)cc1[N+](=O)[O-]. The summed E-state index contributed by atoms with van der Waals surface area (Å²) in [5, 5.41) is 11.9. The molecule has 19 heavy (non-hydrogen) atoms. The first-order valence-electron chi connectivity index (χ1n) is 6.74. The highest BCUT2D eigenvalue weighted by molar-refractivity contribution is 9.08. The third kappa shape index (κ3) is 3.26. The van der Waals surface area contributed by atoms with E-state index in [1.165, 1.54) is 19.3 Å². The molecule has 0 spiro atoms. The van der Waals surface area contributed by atoms with Gasteiger partial charge in [-0.1, -0.05) is 28.4 Å². The van der Waals surface area contributed by atoms with Gasteiger partial charge in [0.05, 0.1) is 4.92 Å². The Morgan fingerprint density at radius 1 is 1.47 bits per heavy atom. The van der Waals surface area contributed by atoms with Crippen LogP contribution >= 0.6 is 15.9 Å². The lowest BCUT2D eigenvalue weighted by molar-refractivity contribution is -0.384. The van der Waals surface area contributed by atoms with Gasteiger partial charge in [-0.05, 0) is 37.3 Å². The molecule has 5 heteroatoms.